The van der Waals surface area contributed by atoms with Gasteiger partial charge in [-0.3, -0.25) is 10.1 Å². The van der Waals surface area contributed by atoms with E-state index in [1.54, 1.807) is 42.5 Å². The first-order valence-electron chi connectivity index (χ1n) is 7.05. The van der Waals surface area contributed by atoms with Crippen molar-refractivity contribution in [3.63, 3.8) is 0 Å². The van der Waals surface area contributed by atoms with Gasteiger partial charge < -0.3 is 4.74 Å². The summed E-state index contributed by atoms with van der Waals surface area (Å²) in [6.07, 6.45) is 0.575. The van der Waals surface area contributed by atoms with Crippen LogP contribution in [0.25, 0.3) is 0 Å². The van der Waals surface area contributed by atoms with E-state index in [-0.39, 0.29) is 23.8 Å². The number of carbonyl (C=O) groups is 1. The van der Waals surface area contributed by atoms with Crippen LogP contribution >= 0.6 is 0 Å². The summed E-state index contributed by atoms with van der Waals surface area (Å²) in [6, 6.07) is 15.1. The number of rotatable bonds is 2. The summed E-state index contributed by atoms with van der Waals surface area (Å²) in [5.74, 6) is -0.597. The zero-order chi connectivity index (χ0) is 15.4. The van der Waals surface area contributed by atoms with Gasteiger partial charge >= 0.3 is 0 Å². The number of ether oxygens (including phenoxy) is 1. The average Bonchev–Trinajstić information content (AvgIpc) is 2.56. The summed E-state index contributed by atoms with van der Waals surface area (Å²) in [5.41, 5.74) is 1.03. The van der Waals surface area contributed by atoms with Crippen molar-refractivity contribution in [3.8, 4) is 0 Å². The van der Waals surface area contributed by atoms with Crippen molar-refractivity contribution in [2.24, 2.45) is 4.99 Å². The quantitative estimate of drug-likeness (QED) is 0.926. The fraction of sp³-hybridized carbons (Fsp3) is 0.176. The van der Waals surface area contributed by atoms with E-state index in [0.717, 1.165) is 0 Å². The SMILES string of the molecule is O=C(NC1=NC(c2ccccc2F)CCO1)c1ccccc1. The molecule has 1 amide bonds. The fourth-order valence-corrected chi connectivity index (χ4v) is 2.31. The highest BCUT2D eigenvalue weighted by Gasteiger charge is 2.21. The third-order valence-electron chi connectivity index (χ3n) is 3.42. The lowest BCUT2D eigenvalue weighted by Gasteiger charge is -2.21. The maximum absolute atomic E-state index is 13.8. The Hall–Kier alpha value is -2.69. The average molecular weight is 298 g/mol. The van der Waals surface area contributed by atoms with Gasteiger partial charge in [0.25, 0.3) is 11.9 Å². The number of amides is 1. The highest BCUT2D eigenvalue weighted by Crippen LogP contribution is 2.26. The van der Waals surface area contributed by atoms with E-state index in [2.05, 4.69) is 10.3 Å². The minimum absolute atomic E-state index is 0.133. The normalized spacial score (nSPS) is 17.3. The first-order valence-corrected chi connectivity index (χ1v) is 7.05. The van der Waals surface area contributed by atoms with Crippen molar-refractivity contribution in [1.29, 1.82) is 0 Å². The Labute approximate surface area is 127 Å². The summed E-state index contributed by atoms with van der Waals surface area (Å²) in [5, 5.41) is 2.62. The lowest BCUT2D eigenvalue weighted by atomic mass is 10.0. The molecule has 0 aromatic heterocycles. The van der Waals surface area contributed by atoms with E-state index in [1.165, 1.54) is 6.07 Å². The van der Waals surface area contributed by atoms with E-state index in [1.807, 2.05) is 6.07 Å². The second-order valence-electron chi connectivity index (χ2n) is 4.93. The summed E-state index contributed by atoms with van der Waals surface area (Å²) in [4.78, 5) is 16.4. The molecular formula is C17H15FN2O2. The molecule has 0 saturated carbocycles. The molecule has 1 aliphatic rings. The molecule has 3 rings (SSSR count). The first-order chi connectivity index (χ1) is 10.7. The molecule has 1 unspecified atom stereocenters. The fourth-order valence-electron chi connectivity index (χ4n) is 2.31. The number of nitrogens with one attached hydrogen (secondary N) is 1. The minimum Gasteiger partial charge on any atom is -0.465 e. The van der Waals surface area contributed by atoms with Gasteiger partial charge in [-0.2, -0.15) is 0 Å². The number of aliphatic imine (C=N–C) groups is 1. The highest BCUT2D eigenvalue weighted by molar-refractivity contribution is 6.04. The summed E-state index contributed by atoms with van der Waals surface area (Å²) in [7, 11) is 0. The molecule has 1 aliphatic heterocycles. The lowest BCUT2D eigenvalue weighted by molar-refractivity contribution is 0.0962. The van der Waals surface area contributed by atoms with Crippen LogP contribution < -0.4 is 5.32 Å². The zero-order valence-corrected chi connectivity index (χ0v) is 11.8. The van der Waals surface area contributed by atoms with Gasteiger partial charge in [0, 0.05) is 17.5 Å². The molecule has 0 saturated heterocycles. The van der Waals surface area contributed by atoms with Gasteiger partial charge in [0.05, 0.1) is 12.6 Å². The van der Waals surface area contributed by atoms with Gasteiger partial charge in [-0.05, 0) is 18.2 Å². The topological polar surface area (TPSA) is 50.7 Å². The van der Waals surface area contributed by atoms with Crippen molar-refractivity contribution >= 4 is 11.9 Å². The third kappa shape index (κ3) is 3.14. The number of carbonyl (C=O) groups excluding carboxylic acids is 1. The second kappa shape index (κ2) is 6.39. The van der Waals surface area contributed by atoms with Crippen LogP contribution in [-0.4, -0.2) is 18.5 Å². The molecule has 1 atom stereocenters. The van der Waals surface area contributed by atoms with Crippen molar-refractivity contribution < 1.29 is 13.9 Å². The van der Waals surface area contributed by atoms with Crippen molar-refractivity contribution in [3.05, 3.63) is 71.5 Å². The molecule has 22 heavy (non-hydrogen) atoms. The van der Waals surface area contributed by atoms with Crippen molar-refractivity contribution in [1.82, 2.24) is 5.32 Å². The van der Waals surface area contributed by atoms with Crippen LogP contribution in [0.3, 0.4) is 0 Å². The predicted molar refractivity (Wildman–Crippen MR) is 81.1 cm³/mol. The minimum atomic E-state index is -0.346. The molecule has 0 radical (unpaired) electrons. The Balaban J connectivity index is 1.77. The molecule has 112 valence electrons. The van der Waals surface area contributed by atoms with Gasteiger partial charge in [0.2, 0.25) is 0 Å². The van der Waals surface area contributed by atoms with Crippen LogP contribution in [-0.2, 0) is 4.74 Å². The molecule has 1 heterocycles. The molecule has 0 bridgehead atoms. The predicted octanol–water partition coefficient (Wildman–Crippen LogP) is 3.07. The largest absolute Gasteiger partial charge is 0.465 e. The molecule has 4 nitrogen and oxygen atoms in total. The second-order valence-corrected chi connectivity index (χ2v) is 4.93. The number of nitrogens with zero attached hydrogens (tertiary/aromatic N) is 1. The summed E-state index contributed by atoms with van der Waals surface area (Å²) in [6.45, 7) is 0.382. The van der Waals surface area contributed by atoms with Crippen LogP contribution in [0.1, 0.15) is 28.4 Å². The molecule has 2 aromatic carbocycles. The van der Waals surface area contributed by atoms with Crippen LogP contribution in [0.15, 0.2) is 59.6 Å². The molecule has 0 aliphatic carbocycles. The molecule has 5 heteroatoms. The third-order valence-corrected chi connectivity index (χ3v) is 3.42. The smallest absolute Gasteiger partial charge is 0.292 e. The van der Waals surface area contributed by atoms with Crippen LogP contribution in [0, 0.1) is 5.82 Å². The number of hydrogen-bond acceptors (Lipinski definition) is 3. The van der Waals surface area contributed by atoms with Crippen LogP contribution in [0.5, 0.6) is 0 Å². The number of amidine groups is 1. The van der Waals surface area contributed by atoms with Crippen LogP contribution in [0.2, 0.25) is 0 Å². The van der Waals surface area contributed by atoms with Gasteiger partial charge in [0.1, 0.15) is 5.82 Å². The van der Waals surface area contributed by atoms with Crippen molar-refractivity contribution in [2.45, 2.75) is 12.5 Å². The van der Waals surface area contributed by atoms with E-state index in [9.17, 15) is 9.18 Å². The molecule has 0 fully saturated rings. The van der Waals surface area contributed by atoms with Gasteiger partial charge in [-0.15, -0.1) is 0 Å². The Morgan fingerprint density at radius 1 is 1.14 bits per heavy atom. The Morgan fingerprint density at radius 3 is 2.64 bits per heavy atom. The molecule has 0 spiro atoms. The summed E-state index contributed by atoms with van der Waals surface area (Å²) >= 11 is 0. The van der Waals surface area contributed by atoms with Crippen molar-refractivity contribution in [2.75, 3.05) is 6.61 Å². The maximum Gasteiger partial charge on any atom is 0.292 e. The molecular weight excluding hydrogens is 283 g/mol. The van der Waals surface area contributed by atoms with E-state index < -0.39 is 0 Å². The number of halogens is 1. The Bertz CT molecular complexity index is 701. The van der Waals surface area contributed by atoms with Gasteiger partial charge in [-0.1, -0.05) is 36.4 Å². The Kier molecular flexibility index (Phi) is 4.14. The number of hydrogen-bond donors (Lipinski definition) is 1. The standard InChI is InChI=1S/C17H15FN2O2/c18-14-9-5-4-8-13(14)15-10-11-22-17(19-15)20-16(21)12-6-2-1-3-7-12/h1-9,15H,10-11H2,(H,19,20,21). The molecule has 1 N–H and O–H groups in total. The Morgan fingerprint density at radius 2 is 1.86 bits per heavy atom. The lowest BCUT2D eigenvalue weighted by Crippen LogP contribution is -2.35. The molecule has 2 aromatic rings. The first kappa shape index (κ1) is 14.3. The number of benzene rings is 2. The van der Waals surface area contributed by atoms with E-state index in [0.29, 0.717) is 24.2 Å². The maximum atomic E-state index is 13.8. The zero-order valence-electron chi connectivity index (χ0n) is 11.8. The monoisotopic (exact) mass is 298 g/mol. The van der Waals surface area contributed by atoms with E-state index >= 15 is 0 Å². The van der Waals surface area contributed by atoms with Crippen LogP contribution in [0.4, 0.5) is 4.39 Å². The summed E-state index contributed by atoms with van der Waals surface area (Å²) < 4.78 is 19.2. The van der Waals surface area contributed by atoms with Gasteiger partial charge in [-0.25, -0.2) is 9.38 Å². The highest BCUT2D eigenvalue weighted by atomic mass is 19.1. The van der Waals surface area contributed by atoms with Gasteiger partial charge in [0.15, 0.2) is 0 Å². The van der Waals surface area contributed by atoms with E-state index in [4.69, 9.17) is 4.74 Å².